The molecular formula is C11H12N4O2. The predicted octanol–water partition coefficient (Wildman–Crippen LogP) is 1.23. The van der Waals surface area contributed by atoms with Crippen LogP contribution in [0.15, 0.2) is 36.7 Å². The van der Waals surface area contributed by atoms with Gasteiger partial charge in [0.1, 0.15) is 12.2 Å². The standard InChI is InChI=1S/C11H12N4O2/c1-8(10-12-7-13-14-10)15-17-11(16)9-5-3-2-4-6-9/h2-8,15H,1H3,(H,12,13,14). The van der Waals surface area contributed by atoms with Gasteiger partial charge in [-0.05, 0) is 19.1 Å². The number of hydroxylamine groups is 1. The van der Waals surface area contributed by atoms with Gasteiger partial charge in [0, 0.05) is 0 Å². The van der Waals surface area contributed by atoms with Crippen molar-refractivity contribution in [3.05, 3.63) is 48.0 Å². The van der Waals surface area contributed by atoms with Crippen molar-refractivity contribution in [2.75, 3.05) is 0 Å². The molecule has 17 heavy (non-hydrogen) atoms. The molecule has 2 aromatic rings. The summed E-state index contributed by atoms with van der Waals surface area (Å²) >= 11 is 0. The van der Waals surface area contributed by atoms with Crippen LogP contribution in [0.1, 0.15) is 29.1 Å². The molecule has 0 spiro atoms. The highest BCUT2D eigenvalue weighted by Gasteiger charge is 2.12. The van der Waals surface area contributed by atoms with Gasteiger partial charge in [-0.2, -0.15) is 5.10 Å². The number of hydrogen-bond donors (Lipinski definition) is 2. The molecule has 0 bridgehead atoms. The van der Waals surface area contributed by atoms with Crippen LogP contribution in [0.25, 0.3) is 0 Å². The second kappa shape index (κ2) is 5.22. The molecule has 0 saturated heterocycles. The van der Waals surface area contributed by atoms with E-state index in [0.29, 0.717) is 11.4 Å². The van der Waals surface area contributed by atoms with E-state index in [1.807, 2.05) is 6.07 Å². The van der Waals surface area contributed by atoms with Gasteiger partial charge in [-0.15, -0.1) is 5.48 Å². The van der Waals surface area contributed by atoms with Crippen molar-refractivity contribution < 1.29 is 9.63 Å². The second-order valence-electron chi connectivity index (χ2n) is 3.47. The SMILES string of the molecule is CC(NOC(=O)c1ccccc1)c1ncn[nH]1. The number of carbonyl (C=O) groups is 1. The van der Waals surface area contributed by atoms with Crippen LogP contribution in [0.2, 0.25) is 0 Å². The summed E-state index contributed by atoms with van der Waals surface area (Å²) < 4.78 is 0. The van der Waals surface area contributed by atoms with Crippen molar-refractivity contribution in [3.63, 3.8) is 0 Å². The highest BCUT2D eigenvalue weighted by molar-refractivity contribution is 5.89. The Morgan fingerprint density at radius 1 is 1.41 bits per heavy atom. The summed E-state index contributed by atoms with van der Waals surface area (Å²) in [6.07, 6.45) is 1.40. The molecule has 1 heterocycles. The quantitative estimate of drug-likeness (QED) is 0.775. The number of rotatable bonds is 4. The lowest BCUT2D eigenvalue weighted by molar-refractivity contribution is 0.0162. The van der Waals surface area contributed by atoms with Gasteiger partial charge in [-0.1, -0.05) is 18.2 Å². The summed E-state index contributed by atoms with van der Waals surface area (Å²) in [5.74, 6) is 0.169. The van der Waals surface area contributed by atoms with Crippen LogP contribution in [0.5, 0.6) is 0 Å². The van der Waals surface area contributed by atoms with E-state index >= 15 is 0 Å². The lowest BCUT2D eigenvalue weighted by atomic mass is 10.2. The first-order chi connectivity index (χ1) is 8.27. The Labute approximate surface area is 98.0 Å². The Kier molecular flexibility index (Phi) is 3.46. The molecule has 1 aromatic carbocycles. The molecule has 0 amide bonds. The summed E-state index contributed by atoms with van der Waals surface area (Å²) in [5.41, 5.74) is 3.09. The summed E-state index contributed by atoms with van der Waals surface area (Å²) in [6, 6.07) is 8.51. The van der Waals surface area contributed by atoms with Gasteiger partial charge in [0.05, 0.1) is 11.6 Å². The van der Waals surface area contributed by atoms with Crippen LogP contribution in [0.3, 0.4) is 0 Å². The smallest absolute Gasteiger partial charge is 0.356 e. The van der Waals surface area contributed by atoms with E-state index in [1.165, 1.54) is 6.33 Å². The maximum Gasteiger partial charge on any atom is 0.356 e. The zero-order valence-corrected chi connectivity index (χ0v) is 9.25. The normalized spacial score (nSPS) is 12.1. The molecule has 2 N–H and O–H groups in total. The Morgan fingerprint density at radius 2 is 2.18 bits per heavy atom. The molecule has 1 atom stereocenters. The molecule has 1 unspecified atom stereocenters. The van der Waals surface area contributed by atoms with E-state index in [2.05, 4.69) is 20.7 Å². The molecule has 0 saturated carbocycles. The lowest BCUT2D eigenvalue weighted by Gasteiger charge is -2.10. The average Bonchev–Trinajstić information content (AvgIpc) is 2.90. The fourth-order valence-corrected chi connectivity index (χ4v) is 1.25. The predicted molar refractivity (Wildman–Crippen MR) is 59.8 cm³/mol. The average molecular weight is 232 g/mol. The van der Waals surface area contributed by atoms with Crippen molar-refractivity contribution in [2.24, 2.45) is 0 Å². The van der Waals surface area contributed by atoms with E-state index in [9.17, 15) is 4.79 Å². The van der Waals surface area contributed by atoms with Gasteiger partial charge in [0.15, 0.2) is 0 Å². The van der Waals surface area contributed by atoms with Gasteiger partial charge >= 0.3 is 5.97 Å². The van der Waals surface area contributed by atoms with Crippen molar-refractivity contribution >= 4 is 5.97 Å². The minimum atomic E-state index is -0.433. The molecule has 0 aliphatic heterocycles. The van der Waals surface area contributed by atoms with Gasteiger partial charge in [0.25, 0.3) is 0 Å². The first-order valence-corrected chi connectivity index (χ1v) is 5.14. The Bertz CT molecular complexity index is 469. The van der Waals surface area contributed by atoms with E-state index in [0.717, 1.165) is 0 Å². The Hall–Kier alpha value is -2.21. The zero-order valence-electron chi connectivity index (χ0n) is 9.25. The molecule has 2 rings (SSSR count). The number of nitrogens with zero attached hydrogens (tertiary/aromatic N) is 2. The molecule has 6 nitrogen and oxygen atoms in total. The third kappa shape index (κ3) is 2.88. The lowest BCUT2D eigenvalue weighted by Crippen LogP contribution is -2.24. The second-order valence-corrected chi connectivity index (χ2v) is 3.47. The van der Waals surface area contributed by atoms with Crippen LogP contribution in [-0.4, -0.2) is 21.2 Å². The number of hydrogen-bond acceptors (Lipinski definition) is 5. The van der Waals surface area contributed by atoms with E-state index in [4.69, 9.17) is 4.84 Å². The molecule has 0 aliphatic rings. The number of nitrogens with one attached hydrogen (secondary N) is 2. The van der Waals surface area contributed by atoms with Crippen molar-refractivity contribution in [1.29, 1.82) is 0 Å². The largest absolute Gasteiger partial charge is 0.366 e. The maximum absolute atomic E-state index is 11.6. The van der Waals surface area contributed by atoms with Gasteiger partial charge < -0.3 is 4.84 Å². The van der Waals surface area contributed by atoms with Crippen molar-refractivity contribution in [1.82, 2.24) is 20.7 Å². The highest BCUT2D eigenvalue weighted by Crippen LogP contribution is 2.05. The summed E-state index contributed by atoms with van der Waals surface area (Å²) in [6.45, 7) is 1.80. The monoisotopic (exact) mass is 232 g/mol. The van der Waals surface area contributed by atoms with Gasteiger partial charge in [-0.25, -0.2) is 9.78 Å². The number of benzene rings is 1. The van der Waals surface area contributed by atoms with Crippen LogP contribution in [0, 0.1) is 0 Å². The number of carbonyl (C=O) groups excluding carboxylic acids is 1. The summed E-state index contributed by atoms with van der Waals surface area (Å²) in [5, 5.41) is 6.40. The zero-order chi connectivity index (χ0) is 12.1. The number of aromatic nitrogens is 3. The van der Waals surface area contributed by atoms with Crippen LogP contribution >= 0.6 is 0 Å². The van der Waals surface area contributed by atoms with Crippen LogP contribution < -0.4 is 5.48 Å². The molecule has 6 heteroatoms. The van der Waals surface area contributed by atoms with E-state index < -0.39 is 5.97 Å². The minimum Gasteiger partial charge on any atom is -0.366 e. The first-order valence-electron chi connectivity index (χ1n) is 5.14. The number of aromatic amines is 1. The van der Waals surface area contributed by atoms with Crippen molar-refractivity contribution in [3.8, 4) is 0 Å². The topological polar surface area (TPSA) is 79.9 Å². The summed E-state index contributed by atoms with van der Waals surface area (Å²) in [7, 11) is 0. The fourth-order valence-electron chi connectivity index (χ4n) is 1.25. The molecule has 0 radical (unpaired) electrons. The van der Waals surface area contributed by atoms with Gasteiger partial charge in [-0.3, -0.25) is 5.10 Å². The van der Waals surface area contributed by atoms with Crippen LogP contribution in [-0.2, 0) is 4.84 Å². The fraction of sp³-hybridized carbons (Fsp3) is 0.182. The highest BCUT2D eigenvalue weighted by atomic mass is 16.7. The minimum absolute atomic E-state index is 0.245. The van der Waals surface area contributed by atoms with E-state index in [-0.39, 0.29) is 6.04 Å². The maximum atomic E-state index is 11.6. The van der Waals surface area contributed by atoms with E-state index in [1.54, 1.807) is 31.2 Å². The third-order valence-electron chi connectivity index (χ3n) is 2.18. The molecule has 1 aromatic heterocycles. The van der Waals surface area contributed by atoms with Crippen LogP contribution in [0.4, 0.5) is 0 Å². The third-order valence-corrected chi connectivity index (χ3v) is 2.18. The summed E-state index contributed by atoms with van der Waals surface area (Å²) in [4.78, 5) is 20.5. The first kappa shape index (κ1) is 11.3. The number of H-pyrrole nitrogens is 1. The molecule has 0 aliphatic carbocycles. The van der Waals surface area contributed by atoms with Gasteiger partial charge in [0.2, 0.25) is 0 Å². The molecular weight excluding hydrogens is 220 g/mol. The van der Waals surface area contributed by atoms with Crippen molar-refractivity contribution in [2.45, 2.75) is 13.0 Å². The molecule has 88 valence electrons. The Morgan fingerprint density at radius 3 is 2.82 bits per heavy atom. The Balaban J connectivity index is 1.89. The molecule has 0 fully saturated rings.